The number of carbonyl (C=O) groups excluding carboxylic acids is 2. The molecule has 0 fully saturated rings. The lowest BCUT2D eigenvalue weighted by Gasteiger charge is -2.32. The molecular weight excluding hydrogens is 406 g/mol. The molecule has 0 saturated carbocycles. The number of nitrogens with one attached hydrogen (secondary N) is 1. The molecule has 0 spiro atoms. The molecule has 0 bridgehead atoms. The number of benzene rings is 1. The standard InChI is InChI=1S/C24H29N5O3/c1-16-21(17(2)32-28-16)23(31)29(15-24(3,4)14-25)13-18-7-9-20(10-8-18)27-22(30)19-6-5-11-26-12-19/h5-12H,13-15,25H2,1-4H3,(H,27,30). The number of aryl methyl sites for hydroxylation is 2. The average Bonchev–Trinajstić information content (AvgIpc) is 3.12. The second kappa shape index (κ2) is 9.74. The number of hydrogen-bond acceptors (Lipinski definition) is 6. The van der Waals surface area contributed by atoms with Gasteiger partial charge in [0.1, 0.15) is 11.3 Å². The Morgan fingerprint density at radius 1 is 1.16 bits per heavy atom. The molecule has 2 aromatic heterocycles. The zero-order chi connectivity index (χ0) is 23.3. The number of nitrogens with two attached hydrogens (primary N) is 1. The molecule has 1 aromatic carbocycles. The number of hydrogen-bond donors (Lipinski definition) is 2. The highest BCUT2D eigenvalue weighted by Crippen LogP contribution is 2.23. The van der Waals surface area contributed by atoms with Gasteiger partial charge in [0.15, 0.2) is 0 Å². The first kappa shape index (κ1) is 23.1. The summed E-state index contributed by atoms with van der Waals surface area (Å²) in [5.41, 5.74) is 8.79. The highest BCUT2D eigenvalue weighted by molar-refractivity contribution is 6.04. The van der Waals surface area contributed by atoms with Crippen LogP contribution in [-0.2, 0) is 6.54 Å². The fourth-order valence-electron chi connectivity index (χ4n) is 3.34. The van der Waals surface area contributed by atoms with Gasteiger partial charge in [0.05, 0.1) is 11.3 Å². The third-order valence-corrected chi connectivity index (χ3v) is 5.21. The first-order chi connectivity index (χ1) is 15.2. The normalized spacial score (nSPS) is 11.3. The second-order valence-electron chi connectivity index (χ2n) is 8.62. The minimum atomic E-state index is -0.258. The molecule has 0 aliphatic heterocycles. The predicted molar refractivity (Wildman–Crippen MR) is 122 cm³/mol. The third-order valence-electron chi connectivity index (χ3n) is 5.21. The molecule has 0 unspecified atom stereocenters. The van der Waals surface area contributed by atoms with Crippen molar-refractivity contribution in [3.63, 3.8) is 0 Å². The number of anilines is 1. The van der Waals surface area contributed by atoms with Gasteiger partial charge in [-0.25, -0.2) is 0 Å². The van der Waals surface area contributed by atoms with E-state index in [1.54, 1.807) is 37.1 Å². The number of pyridine rings is 1. The van der Waals surface area contributed by atoms with Gasteiger partial charge in [0.25, 0.3) is 11.8 Å². The molecule has 168 valence electrons. The number of aromatic nitrogens is 2. The van der Waals surface area contributed by atoms with Gasteiger partial charge in [-0.1, -0.05) is 31.1 Å². The minimum absolute atomic E-state index is 0.142. The molecule has 0 radical (unpaired) electrons. The highest BCUT2D eigenvalue weighted by atomic mass is 16.5. The van der Waals surface area contributed by atoms with Crippen LogP contribution < -0.4 is 11.1 Å². The fraction of sp³-hybridized carbons (Fsp3) is 0.333. The van der Waals surface area contributed by atoms with Crippen LogP contribution in [0.4, 0.5) is 5.69 Å². The Morgan fingerprint density at radius 2 is 1.88 bits per heavy atom. The van der Waals surface area contributed by atoms with Gasteiger partial charge in [-0.3, -0.25) is 14.6 Å². The second-order valence-corrected chi connectivity index (χ2v) is 8.62. The molecule has 0 atom stereocenters. The van der Waals surface area contributed by atoms with E-state index in [0.29, 0.717) is 47.9 Å². The molecule has 2 heterocycles. The highest BCUT2D eigenvalue weighted by Gasteiger charge is 2.28. The van der Waals surface area contributed by atoms with Gasteiger partial charge in [0.2, 0.25) is 0 Å². The SMILES string of the molecule is Cc1noc(C)c1C(=O)N(Cc1ccc(NC(=O)c2cccnc2)cc1)CC(C)(C)CN. The predicted octanol–water partition coefficient (Wildman–Crippen LogP) is 3.57. The van der Waals surface area contributed by atoms with Gasteiger partial charge >= 0.3 is 0 Å². The van der Waals surface area contributed by atoms with E-state index in [-0.39, 0.29) is 17.2 Å². The van der Waals surface area contributed by atoms with Crippen LogP contribution in [0.25, 0.3) is 0 Å². The van der Waals surface area contributed by atoms with E-state index < -0.39 is 0 Å². The van der Waals surface area contributed by atoms with Crippen molar-refractivity contribution < 1.29 is 14.1 Å². The minimum Gasteiger partial charge on any atom is -0.361 e. The quantitative estimate of drug-likeness (QED) is 0.559. The number of nitrogens with zero attached hydrogens (tertiary/aromatic N) is 3. The van der Waals surface area contributed by atoms with E-state index >= 15 is 0 Å². The maximum Gasteiger partial charge on any atom is 0.259 e. The van der Waals surface area contributed by atoms with Gasteiger partial charge < -0.3 is 20.5 Å². The fourth-order valence-corrected chi connectivity index (χ4v) is 3.34. The van der Waals surface area contributed by atoms with Crippen LogP contribution >= 0.6 is 0 Å². The molecule has 3 rings (SSSR count). The average molecular weight is 436 g/mol. The summed E-state index contributed by atoms with van der Waals surface area (Å²) in [6.45, 7) is 8.86. The van der Waals surface area contributed by atoms with Crippen molar-refractivity contribution in [1.29, 1.82) is 0 Å². The zero-order valence-electron chi connectivity index (χ0n) is 18.9. The Hall–Kier alpha value is -3.52. The Balaban J connectivity index is 1.77. The van der Waals surface area contributed by atoms with Crippen molar-refractivity contribution in [2.45, 2.75) is 34.2 Å². The number of carbonyl (C=O) groups is 2. The van der Waals surface area contributed by atoms with Gasteiger partial charge in [-0.15, -0.1) is 0 Å². The summed E-state index contributed by atoms with van der Waals surface area (Å²) < 4.78 is 5.20. The molecule has 8 nitrogen and oxygen atoms in total. The molecule has 0 saturated heterocycles. The first-order valence-electron chi connectivity index (χ1n) is 10.4. The van der Waals surface area contributed by atoms with Crippen molar-refractivity contribution in [3.05, 3.63) is 76.9 Å². The molecule has 0 aliphatic carbocycles. The van der Waals surface area contributed by atoms with Crippen LogP contribution in [-0.4, -0.2) is 39.9 Å². The Morgan fingerprint density at radius 3 is 2.44 bits per heavy atom. The first-order valence-corrected chi connectivity index (χ1v) is 10.4. The summed E-state index contributed by atoms with van der Waals surface area (Å²) in [7, 11) is 0. The van der Waals surface area contributed by atoms with Crippen molar-refractivity contribution in [1.82, 2.24) is 15.0 Å². The van der Waals surface area contributed by atoms with E-state index in [1.807, 2.05) is 38.1 Å². The van der Waals surface area contributed by atoms with Crippen LogP contribution in [0.2, 0.25) is 0 Å². The zero-order valence-corrected chi connectivity index (χ0v) is 18.9. The van der Waals surface area contributed by atoms with Gasteiger partial charge in [0, 0.05) is 31.2 Å². The maximum atomic E-state index is 13.3. The summed E-state index contributed by atoms with van der Waals surface area (Å²) in [5.74, 6) is 0.124. The lowest BCUT2D eigenvalue weighted by molar-refractivity contribution is 0.0671. The van der Waals surface area contributed by atoms with Crippen molar-refractivity contribution >= 4 is 17.5 Å². The molecule has 3 N–H and O–H groups in total. The Labute approximate surface area is 187 Å². The van der Waals surface area contributed by atoms with Crippen molar-refractivity contribution in [2.24, 2.45) is 11.1 Å². The van der Waals surface area contributed by atoms with Crippen LogP contribution in [0.15, 0.2) is 53.3 Å². The largest absolute Gasteiger partial charge is 0.361 e. The Kier molecular flexibility index (Phi) is 7.05. The molecule has 8 heteroatoms. The lowest BCUT2D eigenvalue weighted by Crippen LogP contribution is -2.42. The molecule has 32 heavy (non-hydrogen) atoms. The van der Waals surface area contributed by atoms with Crippen LogP contribution in [0.5, 0.6) is 0 Å². The number of amides is 2. The van der Waals surface area contributed by atoms with E-state index in [1.165, 1.54) is 6.20 Å². The lowest BCUT2D eigenvalue weighted by atomic mass is 9.92. The number of rotatable bonds is 8. The summed E-state index contributed by atoms with van der Waals surface area (Å²) in [6, 6.07) is 10.8. The molecule has 2 amide bonds. The monoisotopic (exact) mass is 435 g/mol. The topological polar surface area (TPSA) is 114 Å². The maximum absolute atomic E-state index is 13.3. The van der Waals surface area contributed by atoms with Gasteiger partial charge in [-0.05, 0) is 55.6 Å². The van der Waals surface area contributed by atoms with Crippen molar-refractivity contribution in [3.8, 4) is 0 Å². The van der Waals surface area contributed by atoms with Crippen LogP contribution in [0.3, 0.4) is 0 Å². The van der Waals surface area contributed by atoms with Crippen LogP contribution in [0.1, 0.15) is 51.6 Å². The Bertz CT molecular complexity index is 1060. The van der Waals surface area contributed by atoms with Gasteiger partial charge in [-0.2, -0.15) is 0 Å². The van der Waals surface area contributed by atoms with E-state index in [0.717, 1.165) is 5.56 Å². The molecule has 0 aliphatic rings. The van der Waals surface area contributed by atoms with E-state index in [4.69, 9.17) is 10.3 Å². The molecule has 3 aromatic rings. The summed E-state index contributed by atoms with van der Waals surface area (Å²) >= 11 is 0. The summed E-state index contributed by atoms with van der Waals surface area (Å²) in [4.78, 5) is 31.4. The smallest absolute Gasteiger partial charge is 0.259 e. The van der Waals surface area contributed by atoms with E-state index in [2.05, 4.69) is 15.5 Å². The van der Waals surface area contributed by atoms with Crippen LogP contribution in [0, 0.1) is 19.3 Å². The summed E-state index contributed by atoms with van der Waals surface area (Å²) in [6.07, 6.45) is 3.13. The summed E-state index contributed by atoms with van der Waals surface area (Å²) in [5, 5.41) is 6.77. The van der Waals surface area contributed by atoms with E-state index in [9.17, 15) is 9.59 Å². The molecular formula is C24H29N5O3. The third kappa shape index (κ3) is 5.59. The van der Waals surface area contributed by atoms with Crippen molar-refractivity contribution in [2.75, 3.05) is 18.4 Å².